The van der Waals surface area contributed by atoms with E-state index in [0.29, 0.717) is 50.3 Å². The molecule has 1 aromatic carbocycles. The van der Waals surface area contributed by atoms with Crippen LogP contribution in [0.1, 0.15) is 95.2 Å². The van der Waals surface area contributed by atoms with E-state index in [9.17, 15) is 24.0 Å². The number of methoxy groups -OCH3 is 1. The number of likely N-dealkylation sites (tertiary alicyclic amines) is 1. The number of hydrazine groups is 1. The van der Waals surface area contributed by atoms with Crippen molar-refractivity contribution in [1.29, 1.82) is 0 Å². The van der Waals surface area contributed by atoms with Gasteiger partial charge in [0.1, 0.15) is 18.1 Å². The number of cyclic esters (lactones) is 1. The van der Waals surface area contributed by atoms with Gasteiger partial charge in [-0.25, -0.2) is 10.4 Å². The zero-order valence-corrected chi connectivity index (χ0v) is 42.7. The van der Waals surface area contributed by atoms with Gasteiger partial charge in [0.2, 0.25) is 17.7 Å². The molecule has 6 bridgehead atoms. The van der Waals surface area contributed by atoms with Crippen molar-refractivity contribution < 1.29 is 33.4 Å². The summed E-state index contributed by atoms with van der Waals surface area (Å²) < 4.78 is 14.5. The number of esters is 1. The van der Waals surface area contributed by atoms with Crippen molar-refractivity contribution in [1.82, 2.24) is 45.4 Å². The van der Waals surface area contributed by atoms with Crippen LogP contribution in [-0.4, -0.2) is 131 Å². The number of fused-ring (bicyclic) bond motifs is 6. The van der Waals surface area contributed by atoms with Crippen LogP contribution in [0.4, 0.5) is 0 Å². The monoisotopic (exact) mass is 976 g/mol. The Kier molecular flexibility index (Phi) is 15.4. The number of nitrogens with zero attached hydrogens (tertiary/aromatic N) is 6. The molecule has 4 aliphatic heterocycles. The zero-order valence-electron chi connectivity index (χ0n) is 41.9. The molecule has 70 heavy (non-hydrogen) atoms. The Balaban J connectivity index is 1.19. The van der Waals surface area contributed by atoms with Crippen LogP contribution in [0.2, 0.25) is 0 Å². The first-order chi connectivity index (χ1) is 33.5. The number of aromatic nitrogens is 3. The van der Waals surface area contributed by atoms with E-state index in [0.717, 1.165) is 69.7 Å². The number of aryl methyl sites for hydroxylation is 1. The molecule has 2 saturated heterocycles. The van der Waals surface area contributed by atoms with E-state index in [4.69, 9.17) is 19.4 Å². The molecule has 3 aromatic heterocycles. The second-order valence-corrected chi connectivity index (χ2v) is 21.2. The molecule has 0 radical (unpaired) electrons. The molecule has 3 N–H and O–H groups in total. The smallest absolute Gasteiger partial charge is 0.324 e. The summed E-state index contributed by atoms with van der Waals surface area (Å²) in [6.07, 6.45) is 8.16. The number of likely N-dealkylation sites (N-methyl/N-ethyl adjacent to an activating group) is 1. The van der Waals surface area contributed by atoms with E-state index in [-0.39, 0.29) is 43.4 Å². The quantitative estimate of drug-likeness (QED) is 0.117. The SMILES string of the molecule is C=CC(=O)N1CCC(C(=O)N(C)[C@H](C(=O)N[C@H]2Cc3nc(cs3)-c3ccc4c(c3)c(c(-c3cc(C5=CCNCC5)cnc3[C@H](C)OC)n4CC)CC(C)(C)COC(=O)[C@@H]3CCCN(N3)C2=O)C(C)C)C1. The minimum absolute atomic E-state index is 0.0700. The molecule has 5 atom stereocenters. The third-order valence-corrected chi connectivity index (χ3v) is 15.2. The van der Waals surface area contributed by atoms with Gasteiger partial charge in [-0.3, -0.25) is 34.0 Å². The molecule has 2 fully saturated rings. The number of hydrogen-bond acceptors (Lipinski definition) is 12. The summed E-state index contributed by atoms with van der Waals surface area (Å²) in [5, 5.41) is 11.6. The van der Waals surface area contributed by atoms with Gasteiger partial charge in [0.05, 0.1) is 40.7 Å². The predicted octanol–water partition coefficient (Wildman–Crippen LogP) is 6.10. The van der Waals surface area contributed by atoms with Gasteiger partial charge in [0.15, 0.2) is 0 Å². The van der Waals surface area contributed by atoms with Crippen molar-refractivity contribution in [3.63, 3.8) is 0 Å². The number of benzene rings is 1. The van der Waals surface area contributed by atoms with E-state index < -0.39 is 47.2 Å². The summed E-state index contributed by atoms with van der Waals surface area (Å²) in [6.45, 7) is 19.2. The van der Waals surface area contributed by atoms with E-state index in [2.05, 4.69) is 78.3 Å². The fourth-order valence-corrected chi connectivity index (χ4v) is 11.4. The average Bonchev–Trinajstić information content (AvgIpc) is 4.12. The van der Waals surface area contributed by atoms with Gasteiger partial charge in [-0.05, 0) is 99.4 Å². The van der Waals surface area contributed by atoms with Gasteiger partial charge >= 0.3 is 5.97 Å². The lowest BCUT2D eigenvalue weighted by atomic mass is 9.84. The maximum Gasteiger partial charge on any atom is 0.324 e. The lowest BCUT2D eigenvalue weighted by Crippen LogP contribution is -2.62. The van der Waals surface area contributed by atoms with E-state index in [1.165, 1.54) is 32.9 Å². The molecule has 1 unspecified atom stereocenters. The fraction of sp³-hybridized carbons (Fsp3) is 0.528. The Hall–Kier alpha value is -5.75. The number of nitrogens with one attached hydrogen (secondary N) is 3. The van der Waals surface area contributed by atoms with E-state index >= 15 is 0 Å². The number of amides is 4. The van der Waals surface area contributed by atoms with Crippen molar-refractivity contribution in [2.24, 2.45) is 17.3 Å². The molecule has 4 aromatic rings. The van der Waals surface area contributed by atoms with Gasteiger partial charge < -0.3 is 34.5 Å². The molecule has 7 heterocycles. The molecule has 0 spiro atoms. The van der Waals surface area contributed by atoms with Gasteiger partial charge in [0, 0.05) is 92.3 Å². The summed E-state index contributed by atoms with van der Waals surface area (Å²) in [7, 11) is 3.31. The first kappa shape index (κ1) is 50.6. The Morgan fingerprint density at radius 1 is 1.13 bits per heavy atom. The third-order valence-electron chi connectivity index (χ3n) is 14.4. The minimum atomic E-state index is -1.09. The average molecular weight is 976 g/mol. The number of hydrogen-bond donors (Lipinski definition) is 3. The molecular formula is C53H69N9O7S. The number of pyridine rings is 1. The highest BCUT2D eigenvalue weighted by Crippen LogP contribution is 2.43. The lowest BCUT2D eigenvalue weighted by Gasteiger charge is -2.36. The summed E-state index contributed by atoms with van der Waals surface area (Å²) in [6, 6.07) is 5.89. The van der Waals surface area contributed by atoms with Crippen LogP contribution in [0.5, 0.6) is 0 Å². The maximum absolute atomic E-state index is 14.7. The van der Waals surface area contributed by atoms with Crippen molar-refractivity contribution in [3.05, 3.63) is 76.4 Å². The lowest BCUT2D eigenvalue weighted by molar-refractivity contribution is -0.155. The van der Waals surface area contributed by atoms with E-state index in [1.54, 1.807) is 19.1 Å². The third kappa shape index (κ3) is 10.5. The number of thiazole rings is 1. The maximum atomic E-state index is 14.7. The normalized spacial score (nSPS) is 21.7. The van der Waals surface area contributed by atoms with Gasteiger partial charge in [-0.1, -0.05) is 46.4 Å². The van der Waals surface area contributed by atoms with Crippen LogP contribution in [-0.2, 0) is 52.8 Å². The minimum Gasteiger partial charge on any atom is -0.464 e. The molecule has 4 amide bonds. The van der Waals surface area contributed by atoms with Gasteiger partial charge in [-0.2, -0.15) is 0 Å². The zero-order chi connectivity index (χ0) is 50.0. The number of ether oxygens (including phenoxy) is 2. The first-order valence-corrected chi connectivity index (χ1v) is 25.7. The molecule has 8 rings (SSSR count). The Morgan fingerprint density at radius 3 is 2.64 bits per heavy atom. The van der Waals surface area contributed by atoms with Crippen LogP contribution in [0, 0.1) is 17.3 Å². The summed E-state index contributed by atoms with van der Waals surface area (Å²) in [4.78, 5) is 82.8. The second kappa shape index (κ2) is 21.3. The highest BCUT2D eigenvalue weighted by atomic mass is 32.1. The van der Waals surface area contributed by atoms with Crippen molar-refractivity contribution in [2.45, 2.75) is 111 Å². The largest absolute Gasteiger partial charge is 0.464 e. The van der Waals surface area contributed by atoms with Crippen LogP contribution >= 0.6 is 11.3 Å². The standard InChI is InChI=1S/C53H69N9O7S/c1-10-45(63)60-22-18-35(28-60)50(65)59(8)47(31(3)4)49(64)57-41-25-44-56-42(29-70-44)34-14-15-43-37(23-34)39(26-53(6,7)30-69-52(67)40-13-12-21-62(58-40)51(41)66)48(61(43)11-2)38-24-36(33-16-19-54-20-17-33)27-55-46(38)32(5)68-9/h10,14-16,23-24,27,29,31-32,35,40-41,47,54,58H,1,11-13,17-22,25-26,28,30H2,2-9H3,(H,57,64)/t32-,35?,40-,41-,47-/m0/s1. The molecule has 4 aliphatic rings. The van der Waals surface area contributed by atoms with Crippen LogP contribution in [0.15, 0.2) is 54.6 Å². The summed E-state index contributed by atoms with van der Waals surface area (Å²) in [5.74, 6) is -2.64. The number of rotatable bonds is 11. The molecule has 17 heteroatoms. The van der Waals surface area contributed by atoms with Gasteiger partial charge in [0.25, 0.3) is 5.91 Å². The van der Waals surface area contributed by atoms with Crippen molar-refractivity contribution in [2.75, 3.05) is 53.5 Å². The fourth-order valence-electron chi connectivity index (χ4n) is 10.6. The number of carbonyl (C=O) groups is 5. The Labute approximate surface area is 415 Å². The predicted molar refractivity (Wildman–Crippen MR) is 271 cm³/mol. The summed E-state index contributed by atoms with van der Waals surface area (Å²) in [5.41, 5.74) is 11.6. The Bertz CT molecular complexity index is 2690. The summed E-state index contributed by atoms with van der Waals surface area (Å²) >= 11 is 1.41. The molecule has 374 valence electrons. The second-order valence-electron chi connectivity index (χ2n) is 20.3. The van der Waals surface area contributed by atoms with Crippen molar-refractivity contribution in [3.8, 4) is 22.5 Å². The molecular weight excluding hydrogens is 907 g/mol. The number of carbonyl (C=O) groups excluding carboxylic acids is 5. The molecule has 0 aliphatic carbocycles. The van der Waals surface area contributed by atoms with Crippen LogP contribution in [0.3, 0.4) is 0 Å². The topological polar surface area (TPSA) is 180 Å². The van der Waals surface area contributed by atoms with Crippen LogP contribution < -0.4 is 16.1 Å². The first-order valence-electron chi connectivity index (χ1n) is 24.8. The van der Waals surface area contributed by atoms with Gasteiger partial charge in [-0.15, -0.1) is 11.3 Å². The molecule has 16 nitrogen and oxygen atoms in total. The highest BCUT2D eigenvalue weighted by molar-refractivity contribution is 7.10. The van der Waals surface area contributed by atoms with Crippen LogP contribution in [0.25, 0.3) is 39.0 Å². The molecule has 0 saturated carbocycles. The highest BCUT2D eigenvalue weighted by Gasteiger charge is 2.40. The van der Waals surface area contributed by atoms with E-state index in [1.807, 2.05) is 32.3 Å². The Morgan fingerprint density at radius 2 is 1.93 bits per heavy atom. The van der Waals surface area contributed by atoms with Crippen molar-refractivity contribution >= 4 is 57.4 Å².